The molecule has 1 saturated heterocycles. The summed E-state index contributed by atoms with van der Waals surface area (Å²) in [4.78, 5) is 12.5. The third-order valence-electron chi connectivity index (χ3n) is 5.07. The molecule has 29 heavy (non-hydrogen) atoms. The first kappa shape index (κ1) is 21.4. The maximum absolute atomic E-state index is 13.8. The van der Waals surface area contributed by atoms with E-state index in [1.165, 1.54) is 10.4 Å². The molecule has 156 valence electrons. The highest BCUT2D eigenvalue weighted by Gasteiger charge is 2.32. The monoisotopic (exact) mass is 422 g/mol. The minimum atomic E-state index is -3.50. The second-order valence-corrected chi connectivity index (χ2v) is 9.28. The van der Waals surface area contributed by atoms with Crippen LogP contribution in [0.15, 0.2) is 48.5 Å². The van der Waals surface area contributed by atoms with Crippen molar-refractivity contribution in [3.05, 3.63) is 65.7 Å². The van der Waals surface area contributed by atoms with E-state index in [0.29, 0.717) is 32.2 Å². The van der Waals surface area contributed by atoms with E-state index >= 15 is 0 Å². The fourth-order valence-electron chi connectivity index (χ4n) is 3.48. The van der Waals surface area contributed by atoms with Crippen LogP contribution in [0.2, 0.25) is 0 Å². The molecule has 0 aromatic heterocycles. The van der Waals surface area contributed by atoms with Crippen molar-refractivity contribution in [2.75, 3.05) is 24.2 Å². The first-order chi connectivity index (χ1) is 13.9. The zero-order valence-electron chi connectivity index (χ0n) is 16.0. The number of nitrogens with zero attached hydrogens (tertiary/aromatic N) is 1. The molecule has 5 nitrogen and oxygen atoms in total. The molecule has 1 unspecified atom stereocenters. The molecule has 1 heterocycles. The first-order valence-corrected chi connectivity index (χ1v) is 11.2. The maximum Gasteiger partial charge on any atom is 0.228 e. The van der Waals surface area contributed by atoms with Crippen LogP contribution in [0.25, 0.3) is 0 Å². The molecule has 0 aliphatic carbocycles. The Balaban J connectivity index is 1.58. The molecule has 0 spiro atoms. The van der Waals surface area contributed by atoms with Gasteiger partial charge in [-0.1, -0.05) is 36.4 Å². The molecule has 0 bridgehead atoms. The summed E-state index contributed by atoms with van der Waals surface area (Å²) in [6, 6.07) is 13.0. The van der Waals surface area contributed by atoms with Gasteiger partial charge in [0.05, 0.1) is 11.7 Å². The van der Waals surface area contributed by atoms with Gasteiger partial charge in [0.1, 0.15) is 17.3 Å². The number of piperidine rings is 1. The molecule has 1 amide bonds. The summed E-state index contributed by atoms with van der Waals surface area (Å²) < 4.78 is 54.2. The lowest BCUT2D eigenvalue weighted by molar-refractivity contribution is -0.120. The van der Waals surface area contributed by atoms with Gasteiger partial charge < -0.3 is 5.32 Å². The van der Waals surface area contributed by atoms with Gasteiger partial charge in [0, 0.05) is 13.1 Å². The number of sulfonamides is 1. The molecule has 1 aliphatic rings. The van der Waals surface area contributed by atoms with Crippen molar-refractivity contribution in [3.63, 3.8) is 0 Å². The number of carbonyl (C=O) groups is 1. The lowest BCUT2D eigenvalue weighted by atomic mass is 9.98. The minimum absolute atomic E-state index is 0.00181. The Kier molecular flexibility index (Phi) is 6.97. The Morgan fingerprint density at radius 2 is 1.76 bits per heavy atom. The molecule has 1 fully saturated rings. The van der Waals surface area contributed by atoms with E-state index in [1.54, 1.807) is 0 Å². The van der Waals surface area contributed by atoms with Gasteiger partial charge in [-0.25, -0.2) is 21.5 Å². The van der Waals surface area contributed by atoms with E-state index in [4.69, 9.17) is 0 Å². The van der Waals surface area contributed by atoms with Gasteiger partial charge in [0.2, 0.25) is 15.9 Å². The van der Waals surface area contributed by atoms with Crippen molar-refractivity contribution in [1.29, 1.82) is 0 Å². The molecular weight excluding hydrogens is 398 g/mol. The van der Waals surface area contributed by atoms with Crippen LogP contribution in [0, 0.1) is 17.6 Å². The fourth-order valence-corrected chi connectivity index (χ4v) is 5.07. The van der Waals surface area contributed by atoms with Crippen LogP contribution in [-0.4, -0.2) is 37.5 Å². The van der Waals surface area contributed by atoms with Gasteiger partial charge in [0.25, 0.3) is 0 Å². The number of hydrogen-bond acceptors (Lipinski definition) is 3. The molecule has 1 aliphatic heterocycles. The zero-order chi connectivity index (χ0) is 20.9. The van der Waals surface area contributed by atoms with E-state index in [1.807, 2.05) is 30.3 Å². The molecule has 0 radical (unpaired) electrons. The SMILES string of the molecule is O=C(Nc1c(F)cccc1F)C1CCCN(S(=O)(=O)CCCc2ccccc2)C1. The van der Waals surface area contributed by atoms with Gasteiger partial charge in [-0.3, -0.25) is 4.79 Å². The van der Waals surface area contributed by atoms with Crippen molar-refractivity contribution in [3.8, 4) is 0 Å². The normalized spacial score (nSPS) is 17.8. The van der Waals surface area contributed by atoms with E-state index < -0.39 is 39.2 Å². The number of benzene rings is 2. The number of carbonyl (C=O) groups excluding carboxylic acids is 1. The van der Waals surface area contributed by atoms with Crippen LogP contribution < -0.4 is 5.32 Å². The fraction of sp³-hybridized carbons (Fsp3) is 0.381. The smallest absolute Gasteiger partial charge is 0.228 e. The van der Waals surface area contributed by atoms with E-state index in [9.17, 15) is 22.0 Å². The topological polar surface area (TPSA) is 66.5 Å². The van der Waals surface area contributed by atoms with Crippen LogP contribution in [-0.2, 0) is 21.2 Å². The van der Waals surface area contributed by atoms with Crippen molar-refractivity contribution >= 4 is 21.6 Å². The maximum atomic E-state index is 13.8. The third-order valence-corrected chi connectivity index (χ3v) is 6.99. The van der Waals surface area contributed by atoms with Crippen LogP contribution in [0.4, 0.5) is 14.5 Å². The summed E-state index contributed by atoms with van der Waals surface area (Å²) in [7, 11) is -3.50. The van der Waals surface area contributed by atoms with Gasteiger partial charge in [-0.15, -0.1) is 0 Å². The number of rotatable bonds is 7. The first-order valence-electron chi connectivity index (χ1n) is 9.63. The van der Waals surface area contributed by atoms with Crippen LogP contribution in [0.3, 0.4) is 0 Å². The second-order valence-electron chi connectivity index (χ2n) is 7.19. The number of hydrogen-bond donors (Lipinski definition) is 1. The number of aryl methyl sites for hydroxylation is 1. The summed E-state index contributed by atoms with van der Waals surface area (Å²) in [5.74, 6) is -2.94. The number of anilines is 1. The Morgan fingerprint density at radius 1 is 1.07 bits per heavy atom. The number of amides is 1. The molecule has 1 N–H and O–H groups in total. The molecule has 2 aromatic rings. The van der Waals surface area contributed by atoms with E-state index in [-0.39, 0.29) is 12.3 Å². The van der Waals surface area contributed by atoms with Gasteiger partial charge >= 0.3 is 0 Å². The molecular formula is C21H24F2N2O3S. The lowest BCUT2D eigenvalue weighted by Gasteiger charge is -2.31. The molecule has 8 heteroatoms. The lowest BCUT2D eigenvalue weighted by Crippen LogP contribution is -2.44. The largest absolute Gasteiger partial charge is 0.321 e. The Labute approximate surface area is 169 Å². The Bertz CT molecular complexity index is 931. The van der Waals surface area contributed by atoms with Gasteiger partial charge in [-0.05, 0) is 43.4 Å². The van der Waals surface area contributed by atoms with Crippen LogP contribution >= 0.6 is 0 Å². The highest BCUT2D eigenvalue weighted by molar-refractivity contribution is 7.89. The van der Waals surface area contributed by atoms with E-state index in [2.05, 4.69) is 5.32 Å². The average Bonchev–Trinajstić information content (AvgIpc) is 2.71. The number of para-hydroxylation sites is 1. The molecule has 1 atom stereocenters. The summed E-state index contributed by atoms with van der Waals surface area (Å²) in [6.07, 6.45) is 2.14. The van der Waals surface area contributed by atoms with Gasteiger partial charge in [-0.2, -0.15) is 0 Å². The molecule has 3 rings (SSSR count). The molecule has 0 saturated carbocycles. The minimum Gasteiger partial charge on any atom is -0.321 e. The standard InChI is InChI=1S/C21H24F2N2O3S/c22-18-11-4-12-19(23)20(18)24-21(26)17-10-5-13-25(15-17)29(27,28)14-6-9-16-7-2-1-3-8-16/h1-4,7-8,11-12,17H,5-6,9-10,13-15H2,(H,24,26). The quantitative estimate of drug-likeness (QED) is 0.742. The number of nitrogens with one attached hydrogen (secondary N) is 1. The zero-order valence-corrected chi connectivity index (χ0v) is 16.8. The predicted octanol–water partition coefficient (Wildman–Crippen LogP) is 3.58. The van der Waals surface area contributed by atoms with Crippen molar-refractivity contribution in [2.24, 2.45) is 5.92 Å². The van der Waals surface area contributed by atoms with Crippen LogP contribution in [0.5, 0.6) is 0 Å². The highest BCUT2D eigenvalue weighted by atomic mass is 32.2. The average molecular weight is 422 g/mol. The van der Waals surface area contributed by atoms with E-state index in [0.717, 1.165) is 17.7 Å². The Morgan fingerprint density at radius 3 is 2.45 bits per heavy atom. The number of halogens is 2. The summed E-state index contributed by atoms with van der Waals surface area (Å²) in [5, 5.41) is 2.27. The van der Waals surface area contributed by atoms with Gasteiger partial charge in [0.15, 0.2) is 0 Å². The summed E-state index contributed by atoms with van der Waals surface area (Å²) in [6.45, 7) is 0.376. The Hall–Kier alpha value is -2.32. The van der Waals surface area contributed by atoms with Crippen molar-refractivity contribution < 1.29 is 22.0 Å². The summed E-state index contributed by atoms with van der Waals surface area (Å²) in [5.41, 5.74) is 0.575. The second kappa shape index (κ2) is 9.45. The van der Waals surface area contributed by atoms with Crippen molar-refractivity contribution in [2.45, 2.75) is 25.7 Å². The predicted molar refractivity (Wildman–Crippen MR) is 108 cm³/mol. The van der Waals surface area contributed by atoms with Crippen LogP contribution in [0.1, 0.15) is 24.8 Å². The summed E-state index contributed by atoms with van der Waals surface area (Å²) >= 11 is 0. The molecule has 2 aromatic carbocycles. The third kappa shape index (κ3) is 5.61. The highest BCUT2D eigenvalue weighted by Crippen LogP contribution is 2.24. The van der Waals surface area contributed by atoms with Crippen molar-refractivity contribution in [1.82, 2.24) is 4.31 Å².